The quantitative estimate of drug-likeness (QED) is 0.575. The fraction of sp³-hybridized carbons (Fsp3) is 0.375. The summed E-state index contributed by atoms with van der Waals surface area (Å²) in [7, 11) is 0. The molecule has 1 aliphatic heterocycles. The number of aromatic amines is 1. The van der Waals surface area contributed by atoms with Crippen molar-refractivity contribution >= 4 is 34.6 Å². The highest BCUT2D eigenvalue weighted by Gasteiger charge is 2.32. The number of nitrogens with one attached hydrogen (secondary N) is 2. The molecule has 2 heterocycles. The van der Waals surface area contributed by atoms with Crippen LogP contribution in [0.2, 0.25) is 0 Å². The fourth-order valence-electron chi connectivity index (χ4n) is 4.00. The summed E-state index contributed by atoms with van der Waals surface area (Å²) in [5, 5.41) is 3.97. The number of likely N-dealkylation sites (tertiary alicyclic amines) is 1. The smallest absolute Gasteiger partial charge is 0.253 e. The molecule has 1 saturated carbocycles. The number of para-hydroxylation sites is 2. The number of imidazole rings is 1. The molecule has 6 nitrogen and oxygen atoms in total. The molecule has 2 amide bonds. The molecule has 0 spiro atoms. The number of thioether (sulfide) groups is 1. The maximum absolute atomic E-state index is 13.0. The second kappa shape index (κ2) is 8.75. The van der Waals surface area contributed by atoms with Crippen LogP contribution in [0.1, 0.15) is 41.6 Å². The molecule has 1 aliphatic carbocycles. The Morgan fingerprint density at radius 2 is 1.90 bits per heavy atom. The van der Waals surface area contributed by atoms with Gasteiger partial charge in [-0.05, 0) is 55.5 Å². The van der Waals surface area contributed by atoms with Gasteiger partial charge in [-0.15, -0.1) is 0 Å². The van der Waals surface area contributed by atoms with Gasteiger partial charge in [0.25, 0.3) is 5.91 Å². The molecule has 160 valence electrons. The average molecular weight is 435 g/mol. The lowest BCUT2D eigenvalue weighted by Gasteiger charge is -2.32. The molecule has 2 aromatic carbocycles. The average Bonchev–Trinajstić information content (AvgIpc) is 3.52. The second-order valence-corrected chi connectivity index (χ2v) is 9.38. The Bertz CT molecular complexity index is 1060. The molecule has 3 aromatic rings. The van der Waals surface area contributed by atoms with Crippen LogP contribution in [0.15, 0.2) is 53.7 Å². The van der Waals surface area contributed by atoms with Crippen LogP contribution < -0.4 is 5.32 Å². The molecular weight excluding hydrogens is 408 g/mol. The first-order valence-electron chi connectivity index (χ1n) is 10.9. The molecule has 1 unspecified atom stereocenters. The molecule has 2 aliphatic rings. The van der Waals surface area contributed by atoms with Crippen molar-refractivity contribution < 1.29 is 9.59 Å². The monoisotopic (exact) mass is 434 g/mol. The van der Waals surface area contributed by atoms with E-state index in [0.29, 0.717) is 18.2 Å². The first-order chi connectivity index (χ1) is 15.2. The minimum Gasteiger partial charge on any atom is -0.353 e. The number of H-pyrrole nitrogens is 1. The predicted molar refractivity (Wildman–Crippen MR) is 122 cm³/mol. The first-order valence-corrected chi connectivity index (χ1v) is 11.9. The van der Waals surface area contributed by atoms with Gasteiger partial charge in [0, 0.05) is 30.4 Å². The summed E-state index contributed by atoms with van der Waals surface area (Å²) in [6, 6.07) is 16.2. The number of benzene rings is 2. The third kappa shape index (κ3) is 4.77. The van der Waals surface area contributed by atoms with Crippen LogP contribution in [-0.2, 0) is 10.5 Å². The lowest BCUT2D eigenvalue weighted by molar-refractivity contribution is -0.126. The molecule has 2 fully saturated rings. The summed E-state index contributed by atoms with van der Waals surface area (Å²) in [6.45, 7) is 1.23. The van der Waals surface area contributed by atoms with Gasteiger partial charge in [-0.25, -0.2) is 4.98 Å². The number of piperidine rings is 1. The van der Waals surface area contributed by atoms with Gasteiger partial charge in [0.15, 0.2) is 5.16 Å². The standard InChI is InChI=1S/C24H26N4O2S/c29-22(25-19-11-12-19)18-4-3-13-28(14-18)23(30)17-9-7-16(8-10-17)15-31-24-26-20-5-1-2-6-21(20)27-24/h1-2,5-10,18-19H,3-4,11-15H2,(H,25,29)(H,26,27). The zero-order chi connectivity index (χ0) is 21.2. The third-order valence-corrected chi connectivity index (χ3v) is 6.89. The van der Waals surface area contributed by atoms with Crippen molar-refractivity contribution in [3.63, 3.8) is 0 Å². The van der Waals surface area contributed by atoms with E-state index in [1.807, 2.05) is 53.4 Å². The molecule has 0 radical (unpaired) electrons. The van der Waals surface area contributed by atoms with Gasteiger partial charge in [0.05, 0.1) is 17.0 Å². The van der Waals surface area contributed by atoms with E-state index in [2.05, 4.69) is 15.3 Å². The molecule has 1 saturated heterocycles. The SMILES string of the molecule is O=C(NC1CC1)C1CCCN(C(=O)c2ccc(CSc3nc4ccccc4[nH]3)cc2)C1. The van der Waals surface area contributed by atoms with E-state index in [1.54, 1.807) is 11.8 Å². The lowest BCUT2D eigenvalue weighted by atomic mass is 9.96. The molecule has 31 heavy (non-hydrogen) atoms. The molecule has 1 aromatic heterocycles. The summed E-state index contributed by atoms with van der Waals surface area (Å²) in [5.41, 5.74) is 3.83. The fourth-order valence-corrected chi connectivity index (χ4v) is 4.84. The Balaban J connectivity index is 1.17. The van der Waals surface area contributed by atoms with Crippen LogP contribution >= 0.6 is 11.8 Å². The number of rotatable bonds is 6. The highest BCUT2D eigenvalue weighted by Crippen LogP contribution is 2.25. The van der Waals surface area contributed by atoms with Gasteiger partial charge in [0.1, 0.15) is 0 Å². The summed E-state index contributed by atoms with van der Waals surface area (Å²) < 4.78 is 0. The van der Waals surface area contributed by atoms with E-state index in [-0.39, 0.29) is 17.7 Å². The number of fused-ring (bicyclic) bond motifs is 1. The maximum Gasteiger partial charge on any atom is 0.253 e. The van der Waals surface area contributed by atoms with Crippen LogP contribution in [0.5, 0.6) is 0 Å². The Kier molecular flexibility index (Phi) is 5.68. The van der Waals surface area contributed by atoms with Crippen molar-refractivity contribution in [3.05, 3.63) is 59.7 Å². The van der Waals surface area contributed by atoms with Gasteiger partial charge in [-0.1, -0.05) is 36.0 Å². The number of carbonyl (C=O) groups excluding carboxylic acids is 2. The number of hydrogen-bond donors (Lipinski definition) is 2. The summed E-state index contributed by atoms with van der Waals surface area (Å²) >= 11 is 1.65. The Hall–Kier alpha value is -2.80. The van der Waals surface area contributed by atoms with Gasteiger partial charge < -0.3 is 15.2 Å². The summed E-state index contributed by atoms with van der Waals surface area (Å²) in [6.07, 6.45) is 3.91. The van der Waals surface area contributed by atoms with Gasteiger partial charge >= 0.3 is 0 Å². The Labute approximate surface area is 185 Å². The van der Waals surface area contributed by atoms with Crippen LogP contribution in [0.3, 0.4) is 0 Å². The minimum atomic E-state index is -0.0854. The highest BCUT2D eigenvalue weighted by molar-refractivity contribution is 7.98. The van der Waals surface area contributed by atoms with Crippen molar-refractivity contribution in [2.75, 3.05) is 13.1 Å². The second-order valence-electron chi connectivity index (χ2n) is 8.42. The van der Waals surface area contributed by atoms with E-state index >= 15 is 0 Å². The summed E-state index contributed by atoms with van der Waals surface area (Å²) in [4.78, 5) is 35.1. The zero-order valence-electron chi connectivity index (χ0n) is 17.3. The van der Waals surface area contributed by atoms with Crippen molar-refractivity contribution in [2.24, 2.45) is 5.92 Å². The maximum atomic E-state index is 13.0. The van der Waals surface area contributed by atoms with Crippen molar-refractivity contribution in [3.8, 4) is 0 Å². The number of amides is 2. The Morgan fingerprint density at radius 1 is 1.10 bits per heavy atom. The topological polar surface area (TPSA) is 78.1 Å². The predicted octanol–water partition coefficient (Wildman–Crippen LogP) is 3.99. The number of hydrogen-bond acceptors (Lipinski definition) is 4. The van der Waals surface area contributed by atoms with Gasteiger partial charge in [-0.2, -0.15) is 0 Å². The first kappa shape index (κ1) is 20.1. The molecule has 7 heteroatoms. The number of aromatic nitrogens is 2. The van der Waals surface area contributed by atoms with E-state index in [9.17, 15) is 9.59 Å². The van der Waals surface area contributed by atoms with E-state index in [1.165, 1.54) is 0 Å². The van der Waals surface area contributed by atoms with Crippen molar-refractivity contribution in [1.29, 1.82) is 0 Å². The molecule has 5 rings (SSSR count). The third-order valence-electron chi connectivity index (χ3n) is 5.95. The highest BCUT2D eigenvalue weighted by atomic mass is 32.2. The molecule has 0 bridgehead atoms. The van der Waals surface area contributed by atoms with Crippen LogP contribution in [0.25, 0.3) is 11.0 Å². The van der Waals surface area contributed by atoms with E-state index < -0.39 is 0 Å². The van der Waals surface area contributed by atoms with Gasteiger partial charge in [-0.3, -0.25) is 9.59 Å². The van der Waals surface area contributed by atoms with Crippen molar-refractivity contribution in [2.45, 2.75) is 42.6 Å². The van der Waals surface area contributed by atoms with Crippen LogP contribution in [-0.4, -0.2) is 45.8 Å². The molecule has 1 atom stereocenters. The largest absolute Gasteiger partial charge is 0.353 e. The van der Waals surface area contributed by atoms with E-state index in [4.69, 9.17) is 0 Å². The van der Waals surface area contributed by atoms with Gasteiger partial charge in [0.2, 0.25) is 5.91 Å². The van der Waals surface area contributed by atoms with Crippen molar-refractivity contribution in [1.82, 2.24) is 20.2 Å². The summed E-state index contributed by atoms with van der Waals surface area (Å²) in [5.74, 6) is 0.817. The normalized spacial score (nSPS) is 18.8. The number of nitrogens with zero attached hydrogens (tertiary/aromatic N) is 2. The molecule has 2 N–H and O–H groups in total. The zero-order valence-corrected chi connectivity index (χ0v) is 18.2. The van der Waals surface area contributed by atoms with Crippen LogP contribution in [0, 0.1) is 5.92 Å². The minimum absolute atomic E-state index is 0.0143. The van der Waals surface area contributed by atoms with Crippen LogP contribution in [0.4, 0.5) is 0 Å². The lowest BCUT2D eigenvalue weighted by Crippen LogP contribution is -2.45. The Morgan fingerprint density at radius 3 is 2.68 bits per heavy atom. The number of carbonyl (C=O) groups is 2. The van der Waals surface area contributed by atoms with E-state index in [0.717, 1.165) is 59.7 Å². The molecular formula is C24H26N4O2S.